The summed E-state index contributed by atoms with van der Waals surface area (Å²) in [7, 11) is 0. The van der Waals surface area contributed by atoms with Gasteiger partial charge in [0.25, 0.3) is 0 Å². The zero-order valence-electron chi connectivity index (χ0n) is 13.3. The largest absolute Gasteiger partial charge is 0.356 e. The van der Waals surface area contributed by atoms with Crippen LogP contribution in [0.15, 0.2) is 48.7 Å². The molecule has 1 amide bonds. The molecule has 4 rings (SSSR count). The summed E-state index contributed by atoms with van der Waals surface area (Å²) < 4.78 is 0. The molecule has 23 heavy (non-hydrogen) atoms. The van der Waals surface area contributed by atoms with Gasteiger partial charge in [0.1, 0.15) is 0 Å². The molecule has 2 aliphatic rings. The van der Waals surface area contributed by atoms with Crippen LogP contribution in [0.4, 0.5) is 0 Å². The van der Waals surface area contributed by atoms with Crippen molar-refractivity contribution in [2.45, 2.75) is 37.5 Å². The number of hydrogen-bond acceptors (Lipinski definition) is 2. The van der Waals surface area contributed by atoms with Gasteiger partial charge >= 0.3 is 0 Å². The number of carbonyl (C=O) groups excluding carboxylic acids is 1. The molecule has 0 unspecified atom stereocenters. The van der Waals surface area contributed by atoms with E-state index in [9.17, 15) is 4.79 Å². The van der Waals surface area contributed by atoms with Crippen molar-refractivity contribution in [1.82, 2.24) is 10.3 Å². The number of rotatable bonds is 5. The summed E-state index contributed by atoms with van der Waals surface area (Å²) in [5, 5.41) is 3.13. The first kappa shape index (κ1) is 14.4. The molecule has 2 aromatic rings. The van der Waals surface area contributed by atoms with Crippen molar-refractivity contribution in [3.8, 4) is 0 Å². The molecule has 0 aliphatic heterocycles. The van der Waals surface area contributed by atoms with Crippen molar-refractivity contribution < 1.29 is 4.79 Å². The molecule has 0 bridgehead atoms. The maximum atomic E-state index is 12.1. The predicted octanol–water partition coefficient (Wildman–Crippen LogP) is 3.03. The Bertz CT molecular complexity index is 713. The van der Waals surface area contributed by atoms with Crippen LogP contribution < -0.4 is 5.32 Å². The number of fused-ring (bicyclic) bond motifs is 2. The summed E-state index contributed by atoms with van der Waals surface area (Å²) in [4.78, 5) is 16.3. The number of nitrogens with one attached hydrogen (secondary N) is 1. The van der Waals surface area contributed by atoms with E-state index in [1.165, 1.54) is 30.4 Å². The van der Waals surface area contributed by atoms with Gasteiger partial charge in [-0.2, -0.15) is 0 Å². The third-order valence-corrected chi connectivity index (χ3v) is 5.51. The molecule has 3 heteroatoms. The molecule has 1 heterocycles. The van der Waals surface area contributed by atoms with Crippen molar-refractivity contribution in [2.24, 2.45) is 5.92 Å². The molecular weight excluding hydrogens is 284 g/mol. The molecule has 2 atom stereocenters. The number of carbonyl (C=O) groups is 1. The molecule has 1 N–H and O–H groups in total. The lowest BCUT2D eigenvalue weighted by atomic mass is 9.95. The summed E-state index contributed by atoms with van der Waals surface area (Å²) in [6, 6.07) is 14.7. The Labute approximate surface area is 137 Å². The quantitative estimate of drug-likeness (QED) is 0.922. The zero-order valence-corrected chi connectivity index (χ0v) is 13.3. The van der Waals surface area contributed by atoms with Crippen molar-refractivity contribution in [3.05, 3.63) is 65.5 Å². The van der Waals surface area contributed by atoms with Crippen molar-refractivity contribution in [2.75, 3.05) is 6.54 Å². The fourth-order valence-corrected chi connectivity index (χ4v) is 4.11. The molecule has 1 saturated carbocycles. The first-order chi connectivity index (χ1) is 11.3. The number of nitrogens with zero attached hydrogens (tertiary/aromatic N) is 1. The number of amides is 1. The highest BCUT2D eigenvalue weighted by Gasteiger charge is 2.57. The monoisotopic (exact) mass is 306 g/mol. The fraction of sp³-hybridized carbons (Fsp3) is 0.400. The van der Waals surface area contributed by atoms with Gasteiger partial charge in [0.15, 0.2) is 0 Å². The maximum Gasteiger partial charge on any atom is 0.220 e. The summed E-state index contributed by atoms with van der Waals surface area (Å²) >= 11 is 0. The minimum absolute atomic E-state index is 0.143. The van der Waals surface area contributed by atoms with E-state index in [0.29, 0.717) is 24.2 Å². The van der Waals surface area contributed by atoms with Gasteiger partial charge in [-0.05, 0) is 54.9 Å². The molecule has 118 valence electrons. The summed E-state index contributed by atoms with van der Waals surface area (Å²) in [6.45, 7) is 0.815. The van der Waals surface area contributed by atoms with Crippen LogP contribution in [-0.4, -0.2) is 17.4 Å². The van der Waals surface area contributed by atoms with Crippen LogP contribution in [0.5, 0.6) is 0 Å². The highest BCUT2D eigenvalue weighted by Crippen LogP contribution is 2.61. The van der Waals surface area contributed by atoms with Crippen LogP contribution in [0.25, 0.3) is 0 Å². The minimum atomic E-state index is 0.143. The van der Waals surface area contributed by atoms with Crippen LogP contribution in [0.3, 0.4) is 0 Å². The smallest absolute Gasteiger partial charge is 0.220 e. The molecule has 1 spiro atoms. The highest BCUT2D eigenvalue weighted by molar-refractivity contribution is 5.76. The topological polar surface area (TPSA) is 42.0 Å². The van der Waals surface area contributed by atoms with E-state index in [4.69, 9.17) is 0 Å². The van der Waals surface area contributed by atoms with Crippen molar-refractivity contribution >= 4 is 5.91 Å². The molecule has 1 aromatic carbocycles. The number of benzene rings is 1. The van der Waals surface area contributed by atoms with Gasteiger partial charge in [0, 0.05) is 30.3 Å². The van der Waals surface area contributed by atoms with Gasteiger partial charge in [-0.3, -0.25) is 9.78 Å². The second-order valence-electron chi connectivity index (χ2n) is 6.84. The second-order valence-corrected chi connectivity index (χ2v) is 6.84. The maximum absolute atomic E-state index is 12.1. The molecule has 1 fully saturated rings. The van der Waals surface area contributed by atoms with E-state index < -0.39 is 0 Å². The van der Waals surface area contributed by atoms with Crippen LogP contribution in [-0.2, 0) is 23.1 Å². The Hall–Kier alpha value is -2.16. The highest BCUT2D eigenvalue weighted by atomic mass is 16.1. The van der Waals surface area contributed by atoms with Crippen LogP contribution in [0.2, 0.25) is 0 Å². The lowest BCUT2D eigenvalue weighted by molar-refractivity contribution is -0.121. The van der Waals surface area contributed by atoms with E-state index in [-0.39, 0.29) is 5.91 Å². The fourth-order valence-electron chi connectivity index (χ4n) is 4.11. The Kier molecular flexibility index (Phi) is 3.64. The predicted molar refractivity (Wildman–Crippen MR) is 90.1 cm³/mol. The summed E-state index contributed by atoms with van der Waals surface area (Å²) in [5.41, 5.74) is 4.39. The lowest BCUT2D eigenvalue weighted by Crippen LogP contribution is -2.27. The second kappa shape index (κ2) is 5.80. The average molecular weight is 306 g/mol. The van der Waals surface area contributed by atoms with Gasteiger partial charge in [-0.25, -0.2) is 0 Å². The number of hydrogen-bond donors (Lipinski definition) is 1. The lowest BCUT2D eigenvalue weighted by Gasteiger charge is -2.12. The standard InChI is InChI=1S/C20H22N2O/c23-19(9-8-17-6-3-4-12-21-17)22-14-16-13-20(16)11-10-15-5-1-2-7-18(15)20/h1-7,12,16H,8-11,13-14H2,(H,22,23)/t16-,20-/m1/s1. The normalized spacial score (nSPS) is 24.4. The molecule has 0 saturated heterocycles. The molecule has 0 radical (unpaired) electrons. The van der Waals surface area contributed by atoms with E-state index in [1.54, 1.807) is 6.20 Å². The molecule has 2 aliphatic carbocycles. The van der Waals surface area contributed by atoms with Gasteiger partial charge in [-0.15, -0.1) is 0 Å². The Morgan fingerprint density at radius 2 is 2.09 bits per heavy atom. The minimum Gasteiger partial charge on any atom is -0.356 e. The number of aryl methyl sites for hydroxylation is 2. The van der Waals surface area contributed by atoms with Gasteiger partial charge in [-0.1, -0.05) is 30.3 Å². The van der Waals surface area contributed by atoms with Gasteiger partial charge < -0.3 is 5.32 Å². The van der Waals surface area contributed by atoms with E-state index in [1.807, 2.05) is 18.2 Å². The Balaban J connectivity index is 1.28. The van der Waals surface area contributed by atoms with E-state index in [0.717, 1.165) is 12.2 Å². The third-order valence-electron chi connectivity index (χ3n) is 5.51. The number of pyridine rings is 1. The van der Waals surface area contributed by atoms with Crippen LogP contribution in [0, 0.1) is 5.92 Å². The Morgan fingerprint density at radius 1 is 1.22 bits per heavy atom. The van der Waals surface area contributed by atoms with E-state index in [2.05, 4.69) is 34.6 Å². The summed E-state index contributed by atoms with van der Waals surface area (Å²) in [5.74, 6) is 0.758. The molecule has 1 aromatic heterocycles. The van der Waals surface area contributed by atoms with Crippen molar-refractivity contribution in [3.63, 3.8) is 0 Å². The first-order valence-electron chi connectivity index (χ1n) is 8.53. The third kappa shape index (κ3) is 2.76. The van der Waals surface area contributed by atoms with Crippen LogP contribution >= 0.6 is 0 Å². The molecular formula is C20H22N2O. The van der Waals surface area contributed by atoms with Crippen molar-refractivity contribution in [1.29, 1.82) is 0 Å². The average Bonchev–Trinajstić information content (AvgIpc) is 3.19. The SMILES string of the molecule is O=C(CCc1ccccn1)NC[C@H]1C[C@]12CCc1ccccc12. The summed E-state index contributed by atoms with van der Waals surface area (Å²) in [6.07, 6.45) is 6.68. The van der Waals surface area contributed by atoms with Crippen LogP contribution in [0.1, 0.15) is 36.1 Å². The Morgan fingerprint density at radius 3 is 2.96 bits per heavy atom. The first-order valence-corrected chi connectivity index (χ1v) is 8.53. The number of aromatic nitrogens is 1. The molecule has 3 nitrogen and oxygen atoms in total. The van der Waals surface area contributed by atoms with Gasteiger partial charge in [0.2, 0.25) is 5.91 Å². The van der Waals surface area contributed by atoms with Gasteiger partial charge in [0.05, 0.1) is 0 Å². The van der Waals surface area contributed by atoms with E-state index >= 15 is 0 Å². The zero-order chi connectivity index (χ0) is 15.7.